The molecule has 0 aliphatic heterocycles. The first kappa shape index (κ1) is 26.0. The molecule has 0 aliphatic carbocycles. The van der Waals surface area contributed by atoms with E-state index in [-0.39, 0.29) is 17.7 Å². The quantitative estimate of drug-likeness (QED) is 0.214. The Balaban J connectivity index is 1.51. The van der Waals surface area contributed by atoms with Gasteiger partial charge >= 0.3 is 0 Å². The van der Waals surface area contributed by atoms with Gasteiger partial charge < -0.3 is 16.0 Å². The minimum atomic E-state index is -0.546. The molecule has 0 heterocycles. The molecule has 6 nitrogen and oxygen atoms in total. The normalized spacial score (nSPS) is 11.3. The molecule has 0 saturated carbocycles. The number of rotatable bonds is 8. The fourth-order valence-electron chi connectivity index (χ4n) is 3.56. The van der Waals surface area contributed by atoms with E-state index in [1.54, 1.807) is 54.6 Å². The number of anilines is 3. The number of hydrogen-bond donors (Lipinski definition) is 3. The summed E-state index contributed by atoms with van der Waals surface area (Å²) in [4.78, 5) is 38.1. The summed E-state index contributed by atoms with van der Waals surface area (Å²) < 4.78 is 0. The van der Waals surface area contributed by atoms with Crippen LogP contribution in [0.3, 0.4) is 0 Å². The smallest absolute Gasteiger partial charge is 0.255 e. The van der Waals surface area contributed by atoms with Crippen molar-refractivity contribution in [3.05, 3.63) is 119 Å². The van der Waals surface area contributed by atoms with Crippen molar-refractivity contribution in [3.8, 4) is 0 Å². The Morgan fingerprint density at radius 1 is 0.703 bits per heavy atom. The Bertz CT molecular complexity index is 1410. The van der Waals surface area contributed by atoms with Gasteiger partial charge in [-0.15, -0.1) is 11.8 Å². The molecular formula is C29H24ClN3O3S. The van der Waals surface area contributed by atoms with Crippen molar-refractivity contribution >= 4 is 58.1 Å². The zero-order chi connectivity index (χ0) is 26.2. The summed E-state index contributed by atoms with van der Waals surface area (Å²) in [6.07, 6.45) is 0. The van der Waals surface area contributed by atoms with Crippen LogP contribution in [-0.2, 0) is 9.59 Å². The average Bonchev–Trinajstić information content (AvgIpc) is 2.89. The van der Waals surface area contributed by atoms with Crippen LogP contribution in [0.4, 0.5) is 17.1 Å². The van der Waals surface area contributed by atoms with E-state index in [2.05, 4.69) is 16.0 Å². The van der Waals surface area contributed by atoms with Gasteiger partial charge in [0, 0.05) is 39.5 Å². The highest BCUT2D eigenvalue weighted by Gasteiger charge is 2.22. The first-order chi connectivity index (χ1) is 17.9. The lowest BCUT2D eigenvalue weighted by Crippen LogP contribution is -2.19. The third-order valence-corrected chi connectivity index (χ3v) is 6.73. The van der Waals surface area contributed by atoms with Gasteiger partial charge in [-0.25, -0.2) is 0 Å². The van der Waals surface area contributed by atoms with Crippen LogP contribution in [0.25, 0.3) is 0 Å². The maximum Gasteiger partial charge on any atom is 0.255 e. The number of amides is 3. The van der Waals surface area contributed by atoms with Crippen LogP contribution < -0.4 is 16.0 Å². The van der Waals surface area contributed by atoms with Gasteiger partial charge in [0.15, 0.2) is 0 Å². The Labute approximate surface area is 224 Å². The fourth-order valence-corrected chi connectivity index (χ4v) is 4.84. The number of halogens is 1. The zero-order valence-electron chi connectivity index (χ0n) is 19.9. The minimum Gasteiger partial charge on any atom is -0.326 e. The number of thioether (sulfide) groups is 1. The van der Waals surface area contributed by atoms with Crippen LogP contribution in [0.5, 0.6) is 0 Å². The van der Waals surface area contributed by atoms with E-state index >= 15 is 0 Å². The third-order valence-electron chi connectivity index (χ3n) is 5.25. The molecule has 37 heavy (non-hydrogen) atoms. The molecule has 4 rings (SSSR count). The summed E-state index contributed by atoms with van der Waals surface area (Å²) in [7, 11) is 0. The summed E-state index contributed by atoms with van der Waals surface area (Å²) in [6.45, 7) is 1.44. The Morgan fingerprint density at radius 2 is 1.38 bits per heavy atom. The van der Waals surface area contributed by atoms with Crippen molar-refractivity contribution in [3.63, 3.8) is 0 Å². The van der Waals surface area contributed by atoms with Crippen LogP contribution in [-0.4, -0.2) is 17.7 Å². The summed E-state index contributed by atoms with van der Waals surface area (Å²) in [5.74, 6) is -0.634. The molecule has 0 aliphatic rings. The lowest BCUT2D eigenvalue weighted by atomic mass is 10.1. The number of carbonyl (C=O) groups excluding carboxylic acids is 3. The lowest BCUT2D eigenvalue weighted by molar-refractivity contribution is -0.116. The van der Waals surface area contributed by atoms with Crippen LogP contribution in [0.15, 0.2) is 108 Å². The Morgan fingerprint density at radius 3 is 2.05 bits per heavy atom. The van der Waals surface area contributed by atoms with E-state index in [4.69, 9.17) is 11.6 Å². The molecule has 3 amide bonds. The first-order valence-corrected chi connectivity index (χ1v) is 12.7. The Hall–Kier alpha value is -4.07. The highest BCUT2D eigenvalue weighted by Crippen LogP contribution is 2.37. The molecule has 0 aromatic heterocycles. The average molecular weight is 530 g/mol. The summed E-state index contributed by atoms with van der Waals surface area (Å²) in [5.41, 5.74) is 3.17. The molecule has 186 valence electrons. The molecule has 1 unspecified atom stereocenters. The van der Waals surface area contributed by atoms with Crippen molar-refractivity contribution < 1.29 is 14.4 Å². The van der Waals surface area contributed by atoms with Crippen molar-refractivity contribution in [2.75, 3.05) is 16.0 Å². The molecule has 0 fully saturated rings. The van der Waals surface area contributed by atoms with Crippen molar-refractivity contribution in [2.24, 2.45) is 0 Å². The highest BCUT2D eigenvalue weighted by molar-refractivity contribution is 8.00. The van der Waals surface area contributed by atoms with Crippen LogP contribution in [0.2, 0.25) is 5.02 Å². The molecule has 4 aromatic carbocycles. The minimum absolute atomic E-state index is 0.164. The van der Waals surface area contributed by atoms with E-state index in [1.165, 1.54) is 18.7 Å². The van der Waals surface area contributed by atoms with Gasteiger partial charge in [-0.3, -0.25) is 14.4 Å². The van der Waals surface area contributed by atoms with Crippen LogP contribution >= 0.6 is 23.4 Å². The van der Waals surface area contributed by atoms with Crippen molar-refractivity contribution in [2.45, 2.75) is 17.1 Å². The molecule has 3 N–H and O–H groups in total. The SMILES string of the molecule is CC(=O)Nc1ccc(NC(=O)C(Sc2cccc(NC(=O)c3cccc(Cl)c3)c2)c2ccccc2)cc1. The molecule has 0 bridgehead atoms. The fraction of sp³-hybridized carbons (Fsp3) is 0.0690. The monoisotopic (exact) mass is 529 g/mol. The lowest BCUT2D eigenvalue weighted by Gasteiger charge is -2.18. The van der Waals surface area contributed by atoms with E-state index in [9.17, 15) is 14.4 Å². The molecule has 0 radical (unpaired) electrons. The topological polar surface area (TPSA) is 87.3 Å². The van der Waals surface area contributed by atoms with Crippen LogP contribution in [0, 0.1) is 0 Å². The number of carbonyl (C=O) groups is 3. The van der Waals surface area contributed by atoms with E-state index < -0.39 is 5.25 Å². The maximum absolute atomic E-state index is 13.4. The second-order valence-electron chi connectivity index (χ2n) is 8.15. The molecule has 4 aromatic rings. The Kier molecular flexibility index (Phi) is 8.61. The van der Waals surface area contributed by atoms with E-state index in [0.29, 0.717) is 27.6 Å². The second kappa shape index (κ2) is 12.3. The first-order valence-electron chi connectivity index (χ1n) is 11.4. The summed E-state index contributed by atoms with van der Waals surface area (Å²) in [5, 5.41) is 8.49. The van der Waals surface area contributed by atoms with E-state index in [1.807, 2.05) is 48.5 Å². The number of hydrogen-bond acceptors (Lipinski definition) is 4. The highest BCUT2D eigenvalue weighted by atomic mass is 35.5. The van der Waals surface area contributed by atoms with Crippen molar-refractivity contribution in [1.29, 1.82) is 0 Å². The predicted molar refractivity (Wildman–Crippen MR) is 150 cm³/mol. The zero-order valence-corrected chi connectivity index (χ0v) is 21.5. The second-order valence-corrected chi connectivity index (χ2v) is 9.76. The molecule has 8 heteroatoms. The summed E-state index contributed by atoms with van der Waals surface area (Å²) in [6, 6.07) is 30.5. The number of nitrogens with one attached hydrogen (secondary N) is 3. The van der Waals surface area contributed by atoms with Gasteiger partial charge in [-0.1, -0.05) is 54.1 Å². The maximum atomic E-state index is 13.4. The van der Waals surface area contributed by atoms with Crippen LogP contribution in [0.1, 0.15) is 28.1 Å². The molecule has 1 atom stereocenters. The van der Waals surface area contributed by atoms with E-state index in [0.717, 1.165) is 10.5 Å². The molecule has 0 spiro atoms. The van der Waals surface area contributed by atoms with Gasteiger partial charge in [0.05, 0.1) is 0 Å². The standard InChI is InChI=1S/C29H24ClN3O3S/c1-19(34)31-23-13-15-24(16-14-23)32-29(36)27(20-7-3-2-4-8-20)37-26-12-6-11-25(18-26)33-28(35)21-9-5-10-22(30)17-21/h2-18,27H,1H3,(H,31,34)(H,32,36)(H,33,35). The van der Waals surface area contributed by atoms with Gasteiger partial charge in [0.25, 0.3) is 5.91 Å². The molecular weight excluding hydrogens is 506 g/mol. The van der Waals surface area contributed by atoms with Gasteiger partial charge in [0.1, 0.15) is 5.25 Å². The third kappa shape index (κ3) is 7.46. The molecule has 0 saturated heterocycles. The number of benzene rings is 4. The van der Waals surface area contributed by atoms with Crippen molar-refractivity contribution in [1.82, 2.24) is 0 Å². The predicted octanol–water partition coefficient (Wildman–Crippen LogP) is 7.02. The van der Waals surface area contributed by atoms with Gasteiger partial charge in [-0.05, 0) is 66.2 Å². The van der Waals surface area contributed by atoms with Gasteiger partial charge in [0.2, 0.25) is 11.8 Å². The largest absolute Gasteiger partial charge is 0.326 e. The van der Waals surface area contributed by atoms with Gasteiger partial charge in [-0.2, -0.15) is 0 Å². The summed E-state index contributed by atoms with van der Waals surface area (Å²) >= 11 is 7.39.